The molecule has 0 saturated carbocycles. The molecule has 0 fully saturated rings. The van der Waals surface area contributed by atoms with Gasteiger partial charge in [-0.25, -0.2) is 4.98 Å². The predicted molar refractivity (Wildman–Crippen MR) is 113 cm³/mol. The number of carbonyl (C=O) groups is 1. The van der Waals surface area contributed by atoms with Crippen LogP contribution < -0.4 is 14.2 Å². The first-order valence-corrected chi connectivity index (χ1v) is 10.1. The lowest BCUT2D eigenvalue weighted by Crippen LogP contribution is -2.29. The summed E-state index contributed by atoms with van der Waals surface area (Å²) in [4.78, 5) is 18.9. The van der Waals surface area contributed by atoms with Gasteiger partial charge in [0.25, 0.3) is 5.91 Å². The van der Waals surface area contributed by atoms with Crippen LogP contribution in [0.15, 0.2) is 53.4 Å². The van der Waals surface area contributed by atoms with Crippen LogP contribution in [0.2, 0.25) is 0 Å². The van der Waals surface area contributed by atoms with E-state index in [2.05, 4.69) is 4.98 Å². The van der Waals surface area contributed by atoms with Gasteiger partial charge >= 0.3 is 0 Å². The molecule has 0 aliphatic carbocycles. The van der Waals surface area contributed by atoms with Crippen molar-refractivity contribution in [3.8, 4) is 17.2 Å². The van der Waals surface area contributed by atoms with E-state index in [1.54, 1.807) is 49.9 Å². The molecule has 1 atom stereocenters. The maximum atomic E-state index is 13.0. The minimum absolute atomic E-state index is 0.0972. The van der Waals surface area contributed by atoms with Crippen LogP contribution in [0.5, 0.6) is 17.2 Å². The zero-order chi connectivity index (χ0) is 20.8. The number of benzene rings is 2. The molecule has 0 aliphatic rings. The fraction of sp³-hybridized carbons (Fsp3) is 0.273. The van der Waals surface area contributed by atoms with Gasteiger partial charge in [-0.2, -0.15) is 0 Å². The van der Waals surface area contributed by atoms with Gasteiger partial charge in [-0.15, -0.1) is 11.3 Å². The van der Waals surface area contributed by atoms with Gasteiger partial charge in [0.05, 0.1) is 31.5 Å². The molecule has 152 valence electrons. The number of nitrogens with zero attached hydrogens (tertiary/aromatic N) is 2. The van der Waals surface area contributed by atoms with E-state index in [1.165, 1.54) is 11.3 Å². The van der Waals surface area contributed by atoms with Gasteiger partial charge in [-0.05, 0) is 42.8 Å². The van der Waals surface area contributed by atoms with Crippen LogP contribution in [0, 0.1) is 0 Å². The highest BCUT2D eigenvalue weighted by molar-refractivity contribution is 7.07. The summed E-state index contributed by atoms with van der Waals surface area (Å²) in [6.45, 7) is 2.34. The average molecular weight is 413 g/mol. The summed E-state index contributed by atoms with van der Waals surface area (Å²) in [7, 11) is 4.98. The Bertz CT molecular complexity index is 942. The number of hydrogen-bond donors (Lipinski definition) is 0. The number of aromatic nitrogens is 1. The Balaban J connectivity index is 1.73. The number of rotatable bonds is 8. The van der Waals surface area contributed by atoms with Crippen LogP contribution in [0.25, 0.3) is 0 Å². The van der Waals surface area contributed by atoms with E-state index < -0.39 is 0 Å². The Hall–Kier alpha value is -3.06. The quantitative estimate of drug-likeness (QED) is 0.542. The molecule has 1 amide bonds. The summed E-state index contributed by atoms with van der Waals surface area (Å²) in [5.74, 6) is 1.77. The number of carbonyl (C=O) groups excluding carboxylic acids is 1. The summed E-state index contributed by atoms with van der Waals surface area (Å²) >= 11 is 1.52. The SMILES string of the molecule is COc1ccc(C(C)N(C)C(=O)c2ccc(OCc3cscn3)c(OC)c2)cc1. The van der Waals surface area contributed by atoms with Crippen molar-refractivity contribution in [3.05, 3.63) is 70.2 Å². The number of amides is 1. The lowest BCUT2D eigenvalue weighted by molar-refractivity contribution is 0.0742. The van der Waals surface area contributed by atoms with E-state index >= 15 is 0 Å². The predicted octanol–water partition coefficient (Wildman–Crippen LogP) is 4.57. The Morgan fingerprint density at radius 2 is 1.86 bits per heavy atom. The van der Waals surface area contributed by atoms with Crippen molar-refractivity contribution in [2.75, 3.05) is 21.3 Å². The first kappa shape index (κ1) is 20.7. The van der Waals surface area contributed by atoms with E-state index in [9.17, 15) is 4.79 Å². The third-order valence-corrected chi connectivity index (χ3v) is 5.40. The molecule has 2 aromatic carbocycles. The van der Waals surface area contributed by atoms with Crippen molar-refractivity contribution < 1.29 is 19.0 Å². The zero-order valence-corrected chi connectivity index (χ0v) is 17.7. The fourth-order valence-electron chi connectivity index (χ4n) is 2.87. The normalized spacial score (nSPS) is 11.6. The minimum Gasteiger partial charge on any atom is -0.497 e. The Morgan fingerprint density at radius 1 is 1.10 bits per heavy atom. The first-order valence-electron chi connectivity index (χ1n) is 9.12. The highest BCUT2D eigenvalue weighted by atomic mass is 32.1. The van der Waals surface area contributed by atoms with Crippen LogP contribution in [0.4, 0.5) is 0 Å². The van der Waals surface area contributed by atoms with Crippen LogP contribution in [0.1, 0.15) is 34.6 Å². The lowest BCUT2D eigenvalue weighted by Gasteiger charge is -2.26. The fourth-order valence-corrected chi connectivity index (χ4v) is 3.41. The topological polar surface area (TPSA) is 60.9 Å². The molecule has 29 heavy (non-hydrogen) atoms. The van der Waals surface area contributed by atoms with Gasteiger partial charge in [0.15, 0.2) is 11.5 Å². The summed E-state index contributed by atoms with van der Waals surface area (Å²) < 4.78 is 16.4. The van der Waals surface area contributed by atoms with E-state index in [0.29, 0.717) is 23.7 Å². The van der Waals surface area contributed by atoms with Gasteiger partial charge in [-0.1, -0.05) is 12.1 Å². The Labute approximate surface area is 174 Å². The molecule has 7 heteroatoms. The van der Waals surface area contributed by atoms with Crippen LogP contribution >= 0.6 is 11.3 Å². The molecular formula is C22H24N2O4S. The van der Waals surface area contributed by atoms with Gasteiger partial charge in [0.1, 0.15) is 12.4 Å². The van der Waals surface area contributed by atoms with Gasteiger partial charge in [0, 0.05) is 18.0 Å². The molecule has 0 radical (unpaired) electrons. The second kappa shape index (κ2) is 9.43. The van der Waals surface area contributed by atoms with Crippen molar-refractivity contribution in [1.29, 1.82) is 0 Å². The minimum atomic E-state index is -0.0994. The van der Waals surface area contributed by atoms with Crippen molar-refractivity contribution >= 4 is 17.2 Å². The Morgan fingerprint density at radius 3 is 2.48 bits per heavy atom. The maximum Gasteiger partial charge on any atom is 0.254 e. The van der Waals surface area contributed by atoms with Crippen molar-refractivity contribution in [2.24, 2.45) is 0 Å². The molecule has 0 aliphatic heterocycles. The van der Waals surface area contributed by atoms with Crippen molar-refractivity contribution in [2.45, 2.75) is 19.6 Å². The highest BCUT2D eigenvalue weighted by Gasteiger charge is 2.20. The molecule has 3 aromatic rings. The Kier molecular flexibility index (Phi) is 6.72. The number of methoxy groups -OCH3 is 2. The number of thiazole rings is 1. The second-order valence-electron chi connectivity index (χ2n) is 6.50. The molecule has 3 rings (SSSR count). The average Bonchev–Trinajstić information content (AvgIpc) is 3.29. The van der Waals surface area contributed by atoms with E-state index in [1.807, 2.05) is 36.6 Å². The molecule has 1 heterocycles. The lowest BCUT2D eigenvalue weighted by atomic mass is 10.1. The van der Waals surface area contributed by atoms with E-state index in [4.69, 9.17) is 14.2 Å². The third kappa shape index (κ3) is 4.86. The first-order chi connectivity index (χ1) is 14.0. The third-order valence-electron chi connectivity index (χ3n) is 4.77. The molecule has 1 unspecified atom stereocenters. The molecule has 1 aromatic heterocycles. The maximum absolute atomic E-state index is 13.0. The molecule has 0 saturated heterocycles. The van der Waals surface area contributed by atoms with Gasteiger partial charge in [0.2, 0.25) is 0 Å². The summed E-state index contributed by atoms with van der Waals surface area (Å²) in [5.41, 5.74) is 4.17. The summed E-state index contributed by atoms with van der Waals surface area (Å²) in [6.07, 6.45) is 0. The second-order valence-corrected chi connectivity index (χ2v) is 7.22. The van der Waals surface area contributed by atoms with E-state index in [0.717, 1.165) is 17.0 Å². The molecule has 6 nitrogen and oxygen atoms in total. The zero-order valence-electron chi connectivity index (χ0n) is 16.9. The highest BCUT2D eigenvalue weighted by Crippen LogP contribution is 2.30. The van der Waals surface area contributed by atoms with Crippen molar-refractivity contribution in [3.63, 3.8) is 0 Å². The number of ether oxygens (including phenoxy) is 3. The van der Waals surface area contributed by atoms with Crippen LogP contribution in [-0.2, 0) is 6.61 Å². The van der Waals surface area contributed by atoms with Crippen molar-refractivity contribution in [1.82, 2.24) is 9.88 Å². The summed E-state index contributed by atoms with van der Waals surface area (Å²) in [6, 6.07) is 12.8. The molecule has 0 N–H and O–H groups in total. The van der Waals surface area contributed by atoms with Crippen LogP contribution in [0.3, 0.4) is 0 Å². The largest absolute Gasteiger partial charge is 0.497 e. The van der Waals surface area contributed by atoms with E-state index in [-0.39, 0.29) is 11.9 Å². The molecule has 0 spiro atoms. The monoisotopic (exact) mass is 412 g/mol. The van der Waals surface area contributed by atoms with Gasteiger partial charge in [-0.3, -0.25) is 4.79 Å². The standard InChI is InChI=1S/C22H24N2O4S/c1-15(16-5-8-19(26-3)9-6-16)24(2)22(25)17-7-10-20(21(11-17)27-4)28-12-18-13-29-14-23-18/h5-11,13-15H,12H2,1-4H3. The van der Waals surface area contributed by atoms with Gasteiger partial charge < -0.3 is 19.1 Å². The van der Waals surface area contributed by atoms with Crippen LogP contribution in [-0.4, -0.2) is 37.1 Å². The molecule has 0 bridgehead atoms. The molecular weight excluding hydrogens is 388 g/mol. The number of hydrogen-bond acceptors (Lipinski definition) is 6. The summed E-state index contributed by atoms with van der Waals surface area (Å²) in [5, 5.41) is 1.93. The smallest absolute Gasteiger partial charge is 0.254 e.